The summed E-state index contributed by atoms with van der Waals surface area (Å²) in [7, 11) is 0. The van der Waals surface area contributed by atoms with E-state index in [1.807, 2.05) is 6.20 Å². The van der Waals surface area contributed by atoms with Gasteiger partial charge >= 0.3 is 0 Å². The van der Waals surface area contributed by atoms with Gasteiger partial charge in [-0.1, -0.05) is 13.8 Å². The molecule has 1 aromatic rings. The number of nitrogens with one attached hydrogen (secondary N) is 1. The Hall–Kier alpha value is -1.09. The molecular weight excluding hydrogens is 234 g/mol. The zero-order chi connectivity index (χ0) is 13.8. The lowest BCUT2D eigenvalue weighted by atomic mass is 10.2. The van der Waals surface area contributed by atoms with Gasteiger partial charge < -0.3 is 10.2 Å². The molecule has 0 unspecified atom stereocenters. The number of hydrogen-bond acceptors (Lipinski definition) is 3. The monoisotopic (exact) mass is 261 g/mol. The highest BCUT2D eigenvalue weighted by Gasteiger charge is 2.25. The number of rotatable bonds is 7. The van der Waals surface area contributed by atoms with E-state index in [1.165, 1.54) is 25.1 Å². The van der Waals surface area contributed by atoms with Crippen molar-refractivity contribution >= 4 is 5.69 Å². The number of hydrogen-bond donors (Lipinski definition) is 1. The van der Waals surface area contributed by atoms with Crippen molar-refractivity contribution in [1.82, 2.24) is 10.3 Å². The van der Waals surface area contributed by atoms with Gasteiger partial charge in [0.2, 0.25) is 0 Å². The van der Waals surface area contributed by atoms with Crippen molar-refractivity contribution in [2.45, 2.75) is 59.2 Å². The largest absolute Gasteiger partial charge is 0.369 e. The van der Waals surface area contributed by atoms with Gasteiger partial charge in [-0.2, -0.15) is 0 Å². The van der Waals surface area contributed by atoms with Crippen molar-refractivity contribution in [3.8, 4) is 0 Å². The molecule has 1 saturated carbocycles. The van der Waals surface area contributed by atoms with E-state index in [0.29, 0.717) is 12.1 Å². The summed E-state index contributed by atoms with van der Waals surface area (Å²) in [6, 6.07) is 5.42. The van der Waals surface area contributed by atoms with Gasteiger partial charge in [0.15, 0.2) is 0 Å². The molecule has 1 aromatic heterocycles. The highest BCUT2D eigenvalue weighted by atomic mass is 15.2. The summed E-state index contributed by atoms with van der Waals surface area (Å²) in [5.41, 5.74) is 2.45. The molecule has 106 valence electrons. The van der Waals surface area contributed by atoms with Gasteiger partial charge in [-0.05, 0) is 44.7 Å². The number of pyridine rings is 1. The molecule has 19 heavy (non-hydrogen) atoms. The second kappa shape index (κ2) is 6.38. The zero-order valence-electron chi connectivity index (χ0n) is 12.7. The number of nitrogens with zero attached hydrogens (tertiary/aromatic N) is 2. The van der Waals surface area contributed by atoms with Crippen molar-refractivity contribution in [1.29, 1.82) is 0 Å². The number of anilines is 1. The van der Waals surface area contributed by atoms with Crippen molar-refractivity contribution in [2.24, 2.45) is 5.92 Å². The summed E-state index contributed by atoms with van der Waals surface area (Å²) >= 11 is 0. The third kappa shape index (κ3) is 4.50. The molecule has 0 aromatic carbocycles. The minimum absolute atomic E-state index is 0.498. The maximum absolute atomic E-state index is 4.46. The van der Waals surface area contributed by atoms with Gasteiger partial charge in [-0.3, -0.25) is 4.98 Å². The van der Waals surface area contributed by atoms with Crippen LogP contribution in [0.5, 0.6) is 0 Å². The Balaban J connectivity index is 2.05. The summed E-state index contributed by atoms with van der Waals surface area (Å²) in [6.07, 6.45) is 4.74. The van der Waals surface area contributed by atoms with E-state index in [4.69, 9.17) is 0 Å². The van der Waals surface area contributed by atoms with Crippen LogP contribution in [-0.4, -0.2) is 23.6 Å². The van der Waals surface area contributed by atoms with E-state index in [9.17, 15) is 0 Å². The fourth-order valence-electron chi connectivity index (χ4n) is 2.24. The van der Waals surface area contributed by atoms with Crippen LogP contribution in [0, 0.1) is 5.92 Å². The standard InChI is InChI=1S/C16H27N3/c1-12(2)18-10-15-9-16(7-8-17-15)19(13(3)4)11-14-5-6-14/h7-9,12-14,18H,5-6,10-11H2,1-4H3. The van der Waals surface area contributed by atoms with Crippen LogP contribution in [0.3, 0.4) is 0 Å². The van der Waals surface area contributed by atoms with Crippen molar-refractivity contribution < 1.29 is 0 Å². The van der Waals surface area contributed by atoms with Crippen LogP contribution in [0.2, 0.25) is 0 Å². The molecule has 0 spiro atoms. The van der Waals surface area contributed by atoms with Crippen molar-refractivity contribution in [2.75, 3.05) is 11.4 Å². The maximum Gasteiger partial charge on any atom is 0.0562 e. The van der Waals surface area contributed by atoms with Gasteiger partial charge in [-0.25, -0.2) is 0 Å². The molecule has 1 N–H and O–H groups in total. The summed E-state index contributed by atoms with van der Waals surface area (Å²) < 4.78 is 0. The first kappa shape index (κ1) is 14.3. The normalized spacial score (nSPS) is 15.3. The third-order valence-electron chi connectivity index (χ3n) is 3.60. The minimum atomic E-state index is 0.498. The molecule has 0 amide bonds. The Bertz CT molecular complexity index is 397. The second-order valence-corrected chi connectivity index (χ2v) is 6.23. The van der Waals surface area contributed by atoms with Crippen LogP contribution in [0.4, 0.5) is 5.69 Å². The predicted molar refractivity (Wildman–Crippen MR) is 81.4 cm³/mol. The van der Waals surface area contributed by atoms with E-state index in [1.54, 1.807) is 0 Å². The molecule has 2 rings (SSSR count). The summed E-state index contributed by atoms with van der Waals surface area (Å²) in [5.74, 6) is 0.910. The van der Waals surface area contributed by atoms with Crippen molar-refractivity contribution in [3.05, 3.63) is 24.0 Å². The lowest BCUT2D eigenvalue weighted by molar-refractivity contribution is 0.580. The highest BCUT2D eigenvalue weighted by Crippen LogP contribution is 2.32. The van der Waals surface area contributed by atoms with E-state index < -0.39 is 0 Å². The van der Waals surface area contributed by atoms with Gasteiger partial charge in [-0.15, -0.1) is 0 Å². The molecule has 1 heterocycles. The Labute approximate surface area is 117 Å². The van der Waals surface area contributed by atoms with E-state index in [0.717, 1.165) is 18.2 Å². The van der Waals surface area contributed by atoms with E-state index in [2.05, 4.69) is 55.0 Å². The summed E-state index contributed by atoms with van der Waals surface area (Å²) in [4.78, 5) is 6.97. The molecule has 1 aliphatic rings. The Morgan fingerprint density at radius 3 is 2.63 bits per heavy atom. The van der Waals surface area contributed by atoms with Crippen molar-refractivity contribution in [3.63, 3.8) is 0 Å². The number of aromatic nitrogens is 1. The Kier molecular flexibility index (Phi) is 4.81. The zero-order valence-corrected chi connectivity index (χ0v) is 12.7. The SMILES string of the molecule is CC(C)NCc1cc(N(CC2CC2)C(C)C)ccn1. The third-order valence-corrected chi connectivity index (χ3v) is 3.60. The Morgan fingerprint density at radius 2 is 2.05 bits per heavy atom. The first-order valence-corrected chi connectivity index (χ1v) is 7.51. The maximum atomic E-state index is 4.46. The summed E-state index contributed by atoms with van der Waals surface area (Å²) in [5, 5.41) is 3.43. The lowest BCUT2D eigenvalue weighted by Crippen LogP contribution is -2.33. The molecule has 0 bridgehead atoms. The molecule has 0 aliphatic heterocycles. The van der Waals surface area contributed by atoms with Gasteiger partial charge in [0.1, 0.15) is 0 Å². The molecule has 1 aliphatic carbocycles. The van der Waals surface area contributed by atoms with Gasteiger partial charge in [0, 0.05) is 37.1 Å². The second-order valence-electron chi connectivity index (χ2n) is 6.23. The lowest BCUT2D eigenvalue weighted by Gasteiger charge is -2.29. The molecule has 1 fully saturated rings. The molecule has 0 radical (unpaired) electrons. The first-order chi connectivity index (χ1) is 9.06. The topological polar surface area (TPSA) is 28.2 Å². The minimum Gasteiger partial charge on any atom is -0.369 e. The van der Waals surface area contributed by atoms with Crippen LogP contribution in [-0.2, 0) is 6.54 Å². The van der Waals surface area contributed by atoms with Crippen LogP contribution in [0.25, 0.3) is 0 Å². The predicted octanol–water partition coefficient (Wildman–Crippen LogP) is 3.20. The molecule has 3 nitrogen and oxygen atoms in total. The molecule has 3 heteroatoms. The van der Waals surface area contributed by atoms with E-state index >= 15 is 0 Å². The van der Waals surface area contributed by atoms with E-state index in [-0.39, 0.29) is 0 Å². The molecular formula is C16H27N3. The molecule has 0 atom stereocenters. The van der Waals surface area contributed by atoms with Crippen LogP contribution in [0.15, 0.2) is 18.3 Å². The average Bonchev–Trinajstić information content (AvgIpc) is 3.17. The van der Waals surface area contributed by atoms with Crippen LogP contribution >= 0.6 is 0 Å². The van der Waals surface area contributed by atoms with Crippen LogP contribution < -0.4 is 10.2 Å². The fourth-order valence-corrected chi connectivity index (χ4v) is 2.24. The molecule has 0 saturated heterocycles. The average molecular weight is 261 g/mol. The van der Waals surface area contributed by atoms with Gasteiger partial charge in [0.05, 0.1) is 5.69 Å². The Morgan fingerprint density at radius 1 is 1.32 bits per heavy atom. The quantitative estimate of drug-likeness (QED) is 0.817. The highest BCUT2D eigenvalue weighted by molar-refractivity contribution is 5.47. The first-order valence-electron chi connectivity index (χ1n) is 7.51. The summed E-state index contributed by atoms with van der Waals surface area (Å²) in [6.45, 7) is 10.9. The smallest absolute Gasteiger partial charge is 0.0562 e. The van der Waals surface area contributed by atoms with Gasteiger partial charge in [0.25, 0.3) is 0 Å². The fraction of sp³-hybridized carbons (Fsp3) is 0.688. The van der Waals surface area contributed by atoms with Crippen LogP contribution in [0.1, 0.15) is 46.2 Å².